The molecular formula is C21H18N4O2S2. The highest BCUT2D eigenvalue weighted by Crippen LogP contribution is 2.33. The van der Waals surface area contributed by atoms with E-state index in [9.17, 15) is 8.42 Å². The largest absolute Gasteiger partial charge is 0.399 e. The van der Waals surface area contributed by atoms with Gasteiger partial charge in [0.1, 0.15) is 0 Å². The van der Waals surface area contributed by atoms with Crippen LogP contribution < -0.4 is 5.73 Å². The highest BCUT2D eigenvalue weighted by Gasteiger charge is 2.17. The highest BCUT2D eigenvalue weighted by atomic mass is 32.2. The first kappa shape index (κ1) is 19.4. The first-order valence-corrected chi connectivity index (χ1v) is 11.8. The molecule has 2 aromatic heterocycles. The van der Waals surface area contributed by atoms with Crippen LogP contribution in [0, 0.1) is 0 Å². The highest BCUT2D eigenvalue weighted by molar-refractivity contribution is 7.98. The van der Waals surface area contributed by atoms with E-state index >= 15 is 0 Å². The number of hydrogen-bond donors (Lipinski definition) is 1. The van der Waals surface area contributed by atoms with Crippen molar-refractivity contribution in [3.63, 3.8) is 0 Å². The van der Waals surface area contributed by atoms with Gasteiger partial charge in [0.25, 0.3) is 0 Å². The monoisotopic (exact) mass is 422 g/mol. The molecule has 4 rings (SSSR count). The number of aromatic nitrogens is 3. The third-order valence-electron chi connectivity index (χ3n) is 4.51. The number of anilines is 1. The summed E-state index contributed by atoms with van der Waals surface area (Å²) in [4.78, 5) is 14.6. The fourth-order valence-electron chi connectivity index (χ4n) is 3.17. The zero-order valence-electron chi connectivity index (χ0n) is 15.8. The summed E-state index contributed by atoms with van der Waals surface area (Å²) in [7, 11) is -3.44. The molecule has 0 unspecified atom stereocenters. The van der Waals surface area contributed by atoms with Crippen molar-refractivity contribution in [1.82, 2.24) is 15.0 Å². The SMILES string of the molecule is CSc1cccc(-c2cc(N)cc3ncc(-c4cnccc4S(C)(=O)=O)nc23)c1. The molecule has 0 aliphatic carbocycles. The minimum Gasteiger partial charge on any atom is -0.399 e. The van der Waals surface area contributed by atoms with Gasteiger partial charge in [-0.15, -0.1) is 11.8 Å². The molecule has 0 radical (unpaired) electrons. The van der Waals surface area contributed by atoms with Gasteiger partial charge in [0, 0.05) is 40.4 Å². The number of sulfone groups is 1. The van der Waals surface area contributed by atoms with E-state index in [1.54, 1.807) is 24.0 Å². The summed E-state index contributed by atoms with van der Waals surface area (Å²) in [5.41, 5.74) is 10.7. The molecule has 2 aromatic carbocycles. The number of benzene rings is 2. The molecule has 4 aromatic rings. The van der Waals surface area contributed by atoms with E-state index < -0.39 is 9.84 Å². The molecule has 0 spiro atoms. The minimum atomic E-state index is -3.44. The van der Waals surface area contributed by atoms with Gasteiger partial charge in [0.15, 0.2) is 9.84 Å². The number of nitrogen functional groups attached to an aromatic ring is 1. The average molecular weight is 423 g/mol. The van der Waals surface area contributed by atoms with Crippen molar-refractivity contribution in [3.05, 3.63) is 61.1 Å². The van der Waals surface area contributed by atoms with Crippen molar-refractivity contribution in [1.29, 1.82) is 0 Å². The number of pyridine rings is 1. The van der Waals surface area contributed by atoms with Crippen molar-refractivity contribution >= 4 is 38.3 Å². The second-order valence-corrected chi connectivity index (χ2v) is 9.43. The molecule has 8 heteroatoms. The molecule has 0 bridgehead atoms. The standard InChI is InChI=1S/C21H18N4O2S2/c1-28-15-5-3-4-13(8-15)16-9-14(22)10-18-21(16)25-19(12-24-18)17-11-23-7-6-20(17)29(2,26)27/h3-12H,22H2,1-2H3. The van der Waals surface area contributed by atoms with Crippen LogP contribution in [0.25, 0.3) is 33.4 Å². The van der Waals surface area contributed by atoms with Crippen LogP contribution >= 0.6 is 11.8 Å². The maximum Gasteiger partial charge on any atom is 0.176 e. The Kier molecular flexibility index (Phi) is 4.97. The van der Waals surface area contributed by atoms with Crippen LogP contribution in [-0.4, -0.2) is 35.9 Å². The Morgan fingerprint density at radius 1 is 1.03 bits per heavy atom. The summed E-state index contributed by atoms with van der Waals surface area (Å²) in [5, 5.41) is 0. The lowest BCUT2D eigenvalue weighted by Crippen LogP contribution is -2.02. The van der Waals surface area contributed by atoms with E-state index in [4.69, 9.17) is 10.7 Å². The second kappa shape index (κ2) is 7.46. The van der Waals surface area contributed by atoms with Crippen LogP contribution in [0.4, 0.5) is 5.69 Å². The average Bonchev–Trinajstić information content (AvgIpc) is 2.72. The van der Waals surface area contributed by atoms with E-state index in [0.29, 0.717) is 28.0 Å². The summed E-state index contributed by atoms with van der Waals surface area (Å²) in [6.45, 7) is 0. The lowest BCUT2D eigenvalue weighted by atomic mass is 10.0. The van der Waals surface area contributed by atoms with E-state index in [1.807, 2.05) is 30.5 Å². The Hall–Kier alpha value is -2.97. The van der Waals surface area contributed by atoms with E-state index in [0.717, 1.165) is 16.0 Å². The summed E-state index contributed by atoms with van der Waals surface area (Å²) < 4.78 is 24.4. The quantitative estimate of drug-likeness (QED) is 0.391. The molecule has 0 aliphatic rings. The van der Waals surface area contributed by atoms with Gasteiger partial charge in [-0.3, -0.25) is 9.97 Å². The molecule has 0 amide bonds. The van der Waals surface area contributed by atoms with Crippen molar-refractivity contribution in [2.24, 2.45) is 0 Å². The van der Waals surface area contributed by atoms with E-state index in [-0.39, 0.29) is 4.90 Å². The first-order chi connectivity index (χ1) is 13.9. The summed E-state index contributed by atoms with van der Waals surface area (Å²) in [6.07, 6.45) is 7.69. The molecule has 0 saturated heterocycles. The Bertz CT molecular complexity index is 1340. The molecule has 0 atom stereocenters. The topological polar surface area (TPSA) is 98.8 Å². The summed E-state index contributed by atoms with van der Waals surface area (Å²) in [5.74, 6) is 0. The normalized spacial score (nSPS) is 11.7. The summed E-state index contributed by atoms with van der Waals surface area (Å²) in [6, 6.07) is 13.2. The number of nitrogens with zero attached hydrogens (tertiary/aromatic N) is 3. The zero-order chi connectivity index (χ0) is 20.6. The fourth-order valence-corrected chi connectivity index (χ4v) is 4.50. The Labute approximate surface area is 173 Å². The van der Waals surface area contributed by atoms with Crippen LogP contribution in [0.2, 0.25) is 0 Å². The van der Waals surface area contributed by atoms with Gasteiger partial charge in [-0.1, -0.05) is 12.1 Å². The maximum atomic E-state index is 12.2. The number of fused-ring (bicyclic) bond motifs is 1. The smallest absolute Gasteiger partial charge is 0.176 e. The third kappa shape index (κ3) is 3.81. The number of thioether (sulfide) groups is 1. The minimum absolute atomic E-state index is 0.169. The Morgan fingerprint density at radius 3 is 2.62 bits per heavy atom. The van der Waals surface area contributed by atoms with Crippen molar-refractivity contribution in [2.45, 2.75) is 9.79 Å². The van der Waals surface area contributed by atoms with Crippen molar-refractivity contribution in [3.8, 4) is 22.4 Å². The maximum absolute atomic E-state index is 12.2. The predicted octanol–water partition coefficient (Wildman–Crippen LogP) is 4.07. The lowest BCUT2D eigenvalue weighted by molar-refractivity contribution is 0.602. The molecule has 2 N–H and O–H groups in total. The molecule has 6 nitrogen and oxygen atoms in total. The molecule has 2 heterocycles. The van der Waals surface area contributed by atoms with Gasteiger partial charge in [0.05, 0.1) is 27.8 Å². The zero-order valence-corrected chi connectivity index (χ0v) is 17.5. The van der Waals surface area contributed by atoms with E-state index in [2.05, 4.69) is 16.0 Å². The van der Waals surface area contributed by atoms with Gasteiger partial charge < -0.3 is 5.73 Å². The molecule has 0 aliphatic heterocycles. The Balaban J connectivity index is 1.99. The van der Waals surface area contributed by atoms with E-state index in [1.165, 1.54) is 24.7 Å². The van der Waals surface area contributed by atoms with Crippen molar-refractivity contribution < 1.29 is 8.42 Å². The van der Waals surface area contributed by atoms with Gasteiger partial charge >= 0.3 is 0 Å². The first-order valence-electron chi connectivity index (χ1n) is 8.72. The van der Waals surface area contributed by atoms with Crippen LogP contribution in [0.1, 0.15) is 0 Å². The van der Waals surface area contributed by atoms with Gasteiger partial charge in [-0.2, -0.15) is 0 Å². The van der Waals surface area contributed by atoms with Gasteiger partial charge in [0.2, 0.25) is 0 Å². The van der Waals surface area contributed by atoms with Crippen LogP contribution in [-0.2, 0) is 9.84 Å². The van der Waals surface area contributed by atoms with Gasteiger partial charge in [-0.25, -0.2) is 13.4 Å². The predicted molar refractivity (Wildman–Crippen MR) is 118 cm³/mol. The van der Waals surface area contributed by atoms with Gasteiger partial charge in [-0.05, 0) is 42.2 Å². The fraction of sp³-hybridized carbons (Fsp3) is 0.0952. The number of hydrogen-bond acceptors (Lipinski definition) is 7. The van der Waals surface area contributed by atoms with Crippen molar-refractivity contribution in [2.75, 3.05) is 18.2 Å². The third-order valence-corrected chi connectivity index (χ3v) is 6.39. The second-order valence-electron chi connectivity index (χ2n) is 6.57. The summed E-state index contributed by atoms with van der Waals surface area (Å²) >= 11 is 1.65. The molecule has 29 heavy (non-hydrogen) atoms. The molecular weight excluding hydrogens is 404 g/mol. The number of nitrogens with two attached hydrogens (primary N) is 1. The molecule has 0 saturated carbocycles. The van der Waals surface area contributed by atoms with Crippen LogP contribution in [0.5, 0.6) is 0 Å². The molecule has 146 valence electrons. The van der Waals surface area contributed by atoms with Crippen LogP contribution in [0.3, 0.4) is 0 Å². The van der Waals surface area contributed by atoms with Crippen LogP contribution in [0.15, 0.2) is 70.8 Å². The lowest BCUT2D eigenvalue weighted by Gasteiger charge is -2.11. The number of rotatable bonds is 4. The molecule has 0 fully saturated rings. The Morgan fingerprint density at radius 2 is 1.86 bits per heavy atom.